The zero-order valence-corrected chi connectivity index (χ0v) is 20.9. The van der Waals surface area contributed by atoms with Gasteiger partial charge in [0.15, 0.2) is 0 Å². The Morgan fingerprint density at radius 3 is 2.60 bits per heavy atom. The van der Waals surface area contributed by atoms with Crippen LogP contribution >= 0.6 is 11.8 Å². The minimum atomic E-state index is -0.867. The number of nitriles is 1. The van der Waals surface area contributed by atoms with Crippen molar-refractivity contribution in [3.63, 3.8) is 0 Å². The summed E-state index contributed by atoms with van der Waals surface area (Å²) in [4.78, 5) is 26.7. The predicted molar refractivity (Wildman–Crippen MR) is 134 cm³/mol. The Kier molecular flexibility index (Phi) is 6.64. The lowest BCUT2D eigenvalue weighted by molar-refractivity contribution is -0.150. The number of ether oxygens (including phenoxy) is 2. The fourth-order valence-electron chi connectivity index (χ4n) is 4.28. The smallest absolute Gasteiger partial charge is 0.411 e. The molecule has 2 aliphatic heterocycles. The largest absolute Gasteiger partial charge is 0.457 e. The molecule has 1 atom stereocenters. The van der Waals surface area contributed by atoms with Crippen LogP contribution in [0.15, 0.2) is 76.5 Å². The highest BCUT2D eigenvalue weighted by Gasteiger charge is 2.49. The average molecular weight is 490 g/mol. The van der Waals surface area contributed by atoms with Gasteiger partial charge in [-0.1, -0.05) is 42.5 Å². The minimum absolute atomic E-state index is 0.156. The highest BCUT2D eigenvalue weighted by Crippen LogP contribution is 2.54. The number of allylic oxidation sites excluding steroid dienone is 3. The van der Waals surface area contributed by atoms with E-state index in [1.807, 2.05) is 63.2 Å². The van der Waals surface area contributed by atoms with E-state index in [-0.39, 0.29) is 6.61 Å². The molecule has 2 aromatic carbocycles. The number of benzene rings is 2. The third-order valence-electron chi connectivity index (χ3n) is 5.65. The number of esters is 1. The van der Waals surface area contributed by atoms with E-state index in [1.54, 1.807) is 19.1 Å². The number of hydrogen-bond acceptors (Lipinski definition) is 7. The molecular weight excluding hydrogens is 462 g/mol. The molecule has 0 fully saturated rings. The molecule has 180 valence electrons. The summed E-state index contributed by atoms with van der Waals surface area (Å²) in [5.41, 5.74) is 2.17. The molecule has 1 spiro atoms. The Labute approximate surface area is 209 Å². The summed E-state index contributed by atoms with van der Waals surface area (Å²) < 4.78 is 11.1. The van der Waals surface area contributed by atoms with Gasteiger partial charge in [0.05, 0.1) is 16.7 Å². The van der Waals surface area contributed by atoms with Gasteiger partial charge in [-0.3, -0.25) is 5.32 Å². The number of nitrogens with zero attached hydrogens (tertiary/aromatic N) is 1. The van der Waals surface area contributed by atoms with Gasteiger partial charge < -0.3 is 14.8 Å². The van der Waals surface area contributed by atoms with Crippen LogP contribution in [0.3, 0.4) is 0 Å². The zero-order valence-electron chi connectivity index (χ0n) is 20.1. The molecular formula is C27H27N3O4S. The summed E-state index contributed by atoms with van der Waals surface area (Å²) in [7, 11) is 0. The van der Waals surface area contributed by atoms with Gasteiger partial charge in [0.1, 0.15) is 24.0 Å². The molecule has 2 N–H and O–H groups in total. The highest BCUT2D eigenvalue weighted by molar-refractivity contribution is 7.99. The standard InChI is InChI=1S/C27H27N3O4S/c1-17-22(24(31)34-26(2,3)4)27(13-19(14-28)29-17)16-35-23-20(27)11-8-12-21(23)30-25(32)33-15-18-9-6-5-7-10-18/h5-13,29H,15-16H2,1-4H3,(H,30,32). The van der Waals surface area contributed by atoms with Crippen molar-refractivity contribution in [1.29, 1.82) is 5.26 Å². The van der Waals surface area contributed by atoms with Crippen LogP contribution in [-0.2, 0) is 26.3 Å². The number of thioether (sulfide) groups is 1. The van der Waals surface area contributed by atoms with Crippen LogP contribution in [0.2, 0.25) is 0 Å². The second kappa shape index (κ2) is 9.51. The number of anilines is 1. The van der Waals surface area contributed by atoms with Crippen molar-refractivity contribution in [2.24, 2.45) is 0 Å². The van der Waals surface area contributed by atoms with Crippen molar-refractivity contribution in [1.82, 2.24) is 5.32 Å². The van der Waals surface area contributed by atoms with Crippen LogP contribution in [0.1, 0.15) is 38.8 Å². The van der Waals surface area contributed by atoms with Crippen LogP contribution in [-0.4, -0.2) is 23.4 Å². The molecule has 4 rings (SSSR count). The molecule has 0 aliphatic carbocycles. The first-order valence-electron chi connectivity index (χ1n) is 11.2. The lowest BCUT2D eigenvalue weighted by Gasteiger charge is -2.35. The number of hydrogen-bond donors (Lipinski definition) is 2. The maximum atomic E-state index is 13.3. The second-order valence-electron chi connectivity index (χ2n) is 9.43. The zero-order chi connectivity index (χ0) is 25.2. The number of carbonyl (C=O) groups is 2. The number of dihydropyridines is 1. The summed E-state index contributed by atoms with van der Waals surface area (Å²) in [5, 5.41) is 15.5. The molecule has 0 bridgehead atoms. The topological polar surface area (TPSA) is 100 Å². The SMILES string of the molecule is CC1=C(C(=O)OC(C)(C)C)C2(C=C(C#N)N1)CSc1c(NC(=O)OCc3ccccc3)cccc12. The van der Waals surface area contributed by atoms with E-state index < -0.39 is 23.1 Å². The van der Waals surface area contributed by atoms with E-state index in [9.17, 15) is 14.9 Å². The molecule has 2 aromatic rings. The van der Waals surface area contributed by atoms with Crippen molar-refractivity contribution >= 4 is 29.5 Å². The molecule has 2 aliphatic rings. The predicted octanol–water partition coefficient (Wildman–Crippen LogP) is 5.41. The molecule has 1 amide bonds. The fraction of sp³-hybridized carbons (Fsp3) is 0.296. The number of carbonyl (C=O) groups excluding carboxylic acids is 2. The van der Waals surface area contributed by atoms with E-state index in [2.05, 4.69) is 16.7 Å². The normalized spacial score (nSPS) is 18.8. The van der Waals surface area contributed by atoms with Crippen LogP contribution in [0, 0.1) is 11.3 Å². The number of amides is 1. The molecule has 2 heterocycles. The first kappa shape index (κ1) is 24.4. The minimum Gasteiger partial charge on any atom is -0.457 e. The molecule has 8 heteroatoms. The van der Waals surface area contributed by atoms with Crippen molar-refractivity contribution in [3.05, 3.63) is 82.7 Å². The Bertz CT molecular complexity index is 1270. The van der Waals surface area contributed by atoms with Gasteiger partial charge in [0.2, 0.25) is 0 Å². The molecule has 1 unspecified atom stereocenters. The molecule has 0 saturated carbocycles. The molecule has 0 radical (unpaired) electrons. The molecule has 35 heavy (non-hydrogen) atoms. The first-order chi connectivity index (χ1) is 16.6. The van der Waals surface area contributed by atoms with E-state index in [0.29, 0.717) is 28.4 Å². The van der Waals surface area contributed by atoms with Gasteiger partial charge in [-0.15, -0.1) is 11.8 Å². The third kappa shape index (κ3) is 5.05. The Morgan fingerprint density at radius 2 is 1.91 bits per heavy atom. The van der Waals surface area contributed by atoms with Crippen molar-refractivity contribution in [2.45, 2.75) is 50.2 Å². The first-order valence-corrected chi connectivity index (χ1v) is 12.2. The molecule has 0 aromatic heterocycles. The summed E-state index contributed by atoms with van der Waals surface area (Å²) in [6.07, 6.45) is 1.22. The Morgan fingerprint density at radius 1 is 1.17 bits per heavy atom. The lowest BCUT2D eigenvalue weighted by atomic mass is 9.72. The fourth-order valence-corrected chi connectivity index (χ4v) is 5.72. The van der Waals surface area contributed by atoms with E-state index in [1.165, 1.54) is 11.8 Å². The Hall–Kier alpha value is -3.70. The molecule has 0 saturated heterocycles. The lowest BCUT2D eigenvalue weighted by Crippen LogP contribution is -2.41. The van der Waals surface area contributed by atoms with Crippen molar-refractivity contribution in [2.75, 3.05) is 11.1 Å². The van der Waals surface area contributed by atoms with Crippen LogP contribution in [0.5, 0.6) is 0 Å². The highest BCUT2D eigenvalue weighted by atomic mass is 32.2. The monoisotopic (exact) mass is 489 g/mol. The summed E-state index contributed by atoms with van der Waals surface area (Å²) in [5.74, 6) is 0.0450. The van der Waals surface area contributed by atoms with E-state index in [0.717, 1.165) is 16.0 Å². The van der Waals surface area contributed by atoms with Gasteiger partial charge in [-0.25, -0.2) is 9.59 Å². The van der Waals surface area contributed by atoms with Gasteiger partial charge in [-0.2, -0.15) is 5.26 Å². The van der Waals surface area contributed by atoms with Gasteiger partial charge in [0.25, 0.3) is 0 Å². The number of nitrogens with one attached hydrogen (secondary N) is 2. The quantitative estimate of drug-likeness (QED) is 0.554. The third-order valence-corrected chi connectivity index (χ3v) is 6.97. The van der Waals surface area contributed by atoms with Gasteiger partial charge >= 0.3 is 12.1 Å². The number of fused-ring (bicyclic) bond motifs is 2. The van der Waals surface area contributed by atoms with Gasteiger partial charge in [0, 0.05) is 16.3 Å². The van der Waals surface area contributed by atoms with E-state index in [4.69, 9.17) is 9.47 Å². The maximum absolute atomic E-state index is 13.3. The summed E-state index contributed by atoms with van der Waals surface area (Å²) >= 11 is 1.52. The van der Waals surface area contributed by atoms with Gasteiger partial charge in [-0.05, 0) is 51.0 Å². The summed E-state index contributed by atoms with van der Waals surface area (Å²) in [6, 6.07) is 17.2. The molecule has 7 nitrogen and oxygen atoms in total. The van der Waals surface area contributed by atoms with E-state index >= 15 is 0 Å². The number of rotatable bonds is 4. The van der Waals surface area contributed by atoms with Crippen molar-refractivity contribution < 1.29 is 19.1 Å². The average Bonchev–Trinajstić information content (AvgIpc) is 3.16. The summed E-state index contributed by atoms with van der Waals surface area (Å²) in [6.45, 7) is 7.39. The van der Waals surface area contributed by atoms with Crippen LogP contribution < -0.4 is 10.6 Å². The maximum Gasteiger partial charge on any atom is 0.411 e. The Balaban J connectivity index is 1.66. The van der Waals surface area contributed by atoms with Crippen molar-refractivity contribution in [3.8, 4) is 6.07 Å². The second-order valence-corrected chi connectivity index (χ2v) is 10.4. The van der Waals surface area contributed by atoms with Crippen LogP contribution in [0.25, 0.3) is 0 Å². The van der Waals surface area contributed by atoms with Crippen LogP contribution in [0.4, 0.5) is 10.5 Å².